The summed E-state index contributed by atoms with van der Waals surface area (Å²) < 4.78 is 25.6. The van der Waals surface area contributed by atoms with Gasteiger partial charge in [0.05, 0.1) is 9.82 Å². The summed E-state index contributed by atoms with van der Waals surface area (Å²) in [4.78, 5) is 9.94. The third-order valence-electron chi connectivity index (χ3n) is 2.53. The smallest absolute Gasteiger partial charge is 0.293 e. The molecule has 106 valence electrons. The summed E-state index contributed by atoms with van der Waals surface area (Å²) in [5.74, 6) is 0.156. The molecule has 1 aromatic carbocycles. The van der Waals surface area contributed by atoms with Crippen LogP contribution in [0.2, 0.25) is 0 Å². The maximum Gasteiger partial charge on any atom is 0.293 e. The Morgan fingerprint density at radius 2 is 2.00 bits per heavy atom. The van der Waals surface area contributed by atoms with Gasteiger partial charge >= 0.3 is 0 Å². The Labute approximate surface area is 112 Å². The van der Waals surface area contributed by atoms with Gasteiger partial charge in [0.2, 0.25) is 10.0 Å². The van der Waals surface area contributed by atoms with Crippen molar-refractivity contribution < 1.29 is 13.3 Å². The lowest BCUT2D eigenvalue weighted by atomic mass is 10.2. The summed E-state index contributed by atoms with van der Waals surface area (Å²) in [5.41, 5.74) is 4.98. The summed E-state index contributed by atoms with van der Waals surface area (Å²) >= 11 is 0. The summed E-state index contributed by atoms with van der Waals surface area (Å²) in [6, 6.07) is 3.49. The average molecular weight is 287 g/mol. The molecule has 0 radical (unpaired) electrons. The highest BCUT2D eigenvalue weighted by molar-refractivity contribution is 7.89. The SMILES string of the molecule is CC(C)CN(C)S(=O)(=O)c1ccc(N)c([N+](=O)[O-])c1. The Morgan fingerprint density at radius 3 is 2.47 bits per heavy atom. The fourth-order valence-electron chi connectivity index (χ4n) is 1.63. The molecule has 8 heteroatoms. The van der Waals surface area contributed by atoms with Gasteiger partial charge in [-0.25, -0.2) is 12.7 Å². The molecular weight excluding hydrogens is 270 g/mol. The Morgan fingerprint density at radius 1 is 1.42 bits per heavy atom. The fourth-order valence-corrected chi connectivity index (χ4v) is 2.99. The molecule has 0 spiro atoms. The van der Waals surface area contributed by atoms with Gasteiger partial charge < -0.3 is 5.73 Å². The van der Waals surface area contributed by atoms with E-state index in [0.29, 0.717) is 6.54 Å². The van der Waals surface area contributed by atoms with Crippen molar-refractivity contribution in [3.05, 3.63) is 28.3 Å². The molecular formula is C11H17N3O4S. The monoisotopic (exact) mass is 287 g/mol. The quantitative estimate of drug-likeness (QED) is 0.501. The van der Waals surface area contributed by atoms with Crippen molar-refractivity contribution in [2.45, 2.75) is 18.7 Å². The molecule has 0 aliphatic carbocycles. The second kappa shape index (κ2) is 5.54. The topological polar surface area (TPSA) is 107 Å². The van der Waals surface area contributed by atoms with Gasteiger partial charge in [0.1, 0.15) is 5.69 Å². The number of rotatable bonds is 5. The van der Waals surface area contributed by atoms with Gasteiger partial charge in [0, 0.05) is 19.7 Å². The van der Waals surface area contributed by atoms with E-state index in [9.17, 15) is 18.5 Å². The number of hydrogen-bond acceptors (Lipinski definition) is 5. The lowest BCUT2D eigenvalue weighted by Gasteiger charge is -2.19. The van der Waals surface area contributed by atoms with Crippen LogP contribution < -0.4 is 5.73 Å². The molecule has 0 aliphatic heterocycles. The van der Waals surface area contributed by atoms with Crippen LogP contribution in [0.4, 0.5) is 11.4 Å². The van der Waals surface area contributed by atoms with Crippen LogP contribution in [0.5, 0.6) is 0 Å². The van der Waals surface area contributed by atoms with E-state index in [1.807, 2.05) is 13.8 Å². The van der Waals surface area contributed by atoms with Crippen molar-refractivity contribution in [3.63, 3.8) is 0 Å². The number of nitrogens with zero attached hydrogens (tertiary/aromatic N) is 2. The molecule has 19 heavy (non-hydrogen) atoms. The second-order valence-electron chi connectivity index (χ2n) is 4.66. The first-order chi connectivity index (χ1) is 8.66. The number of nitro groups is 1. The number of hydrogen-bond donors (Lipinski definition) is 1. The van der Waals surface area contributed by atoms with Gasteiger partial charge in [-0.15, -0.1) is 0 Å². The molecule has 0 aliphatic rings. The van der Waals surface area contributed by atoms with Gasteiger partial charge in [0.25, 0.3) is 5.69 Å². The molecule has 0 unspecified atom stereocenters. The van der Waals surface area contributed by atoms with Crippen LogP contribution in [0.3, 0.4) is 0 Å². The molecule has 1 rings (SSSR count). The zero-order chi connectivity index (χ0) is 14.8. The van der Waals surface area contributed by atoms with Gasteiger partial charge in [-0.05, 0) is 18.1 Å². The first-order valence-corrected chi connectivity index (χ1v) is 7.10. The summed E-state index contributed by atoms with van der Waals surface area (Å²) in [5, 5.41) is 10.8. The largest absolute Gasteiger partial charge is 0.393 e. The van der Waals surface area contributed by atoms with Crippen LogP contribution in [-0.4, -0.2) is 31.2 Å². The van der Waals surface area contributed by atoms with E-state index in [-0.39, 0.29) is 16.5 Å². The molecule has 0 heterocycles. The Kier molecular flexibility index (Phi) is 4.48. The van der Waals surface area contributed by atoms with Crippen molar-refractivity contribution in [1.82, 2.24) is 4.31 Å². The molecule has 1 aromatic rings. The van der Waals surface area contributed by atoms with Crippen molar-refractivity contribution in [1.29, 1.82) is 0 Å². The third kappa shape index (κ3) is 3.42. The molecule has 2 N–H and O–H groups in total. The number of nitro benzene ring substituents is 1. The molecule has 0 saturated carbocycles. The highest BCUT2D eigenvalue weighted by Gasteiger charge is 2.24. The van der Waals surface area contributed by atoms with Crippen molar-refractivity contribution in [3.8, 4) is 0 Å². The Hall–Kier alpha value is -1.67. The maximum absolute atomic E-state index is 12.2. The number of nitrogens with two attached hydrogens (primary N) is 1. The molecule has 0 bridgehead atoms. The van der Waals surface area contributed by atoms with Crippen LogP contribution in [0.25, 0.3) is 0 Å². The zero-order valence-corrected chi connectivity index (χ0v) is 11.8. The number of nitrogen functional groups attached to an aromatic ring is 1. The lowest BCUT2D eigenvalue weighted by molar-refractivity contribution is -0.384. The fraction of sp³-hybridized carbons (Fsp3) is 0.455. The van der Waals surface area contributed by atoms with E-state index >= 15 is 0 Å². The first-order valence-electron chi connectivity index (χ1n) is 5.66. The second-order valence-corrected chi connectivity index (χ2v) is 6.70. The van der Waals surface area contributed by atoms with E-state index in [4.69, 9.17) is 5.73 Å². The van der Waals surface area contributed by atoms with Crippen LogP contribution in [0.15, 0.2) is 23.1 Å². The van der Waals surface area contributed by atoms with Gasteiger partial charge in [-0.3, -0.25) is 10.1 Å². The molecule has 0 saturated heterocycles. The standard InChI is InChI=1S/C11H17N3O4S/c1-8(2)7-13(3)19(17,18)9-4-5-10(12)11(6-9)14(15)16/h4-6,8H,7,12H2,1-3H3. The Balaban J connectivity index is 3.22. The molecule has 0 atom stereocenters. The highest BCUT2D eigenvalue weighted by Crippen LogP contribution is 2.26. The number of anilines is 1. The summed E-state index contributed by atoms with van der Waals surface area (Å²) in [6.45, 7) is 4.11. The van der Waals surface area contributed by atoms with Crippen molar-refractivity contribution >= 4 is 21.4 Å². The van der Waals surface area contributed by atoms with E-state index in [0.717, 1.165) is 6.07 Å². The van der Waals surface area contributed by atoms with E-state index in [2.05, 4.69) is 0 Å². The summed E-state index contributed by atoms with van der Waals surface area (Å²) in [6.07, 6.45) is 0. The van der Waals surface area contributed by atoms with Crippen LogP contribution in [0, 0.1) is 16.0 Å². The van der Waals surface area contributed by atoms with E-state index < -0.39 is 20.6 Å². The van der Waals surface area contributed by atoms with Crippen molar-refractivity contribution in [2.75, 3.05) is 19.3 Å². The maximum atomic E-state index is 12.2. The number of benzene rings is 1. The first kappa shape index (κ1) is 15.4. The normalized spacial score (nSPS) is 12.1. The minimum absolute atomic E-state index is 0.0598. The number of sulfonamides is 1. The van der Waals surface area contributed by atoms with Gasteiger partial charge in [-0.2, -0.15) is 0 Å². The molecule has 0 fully saturated rings. The molecule has 0 aromatic heterocycles. The lowest BCUT2D eigenvalue weighted by Crippen LogP contribution is -2.30. The Bertz CT molecular complexity index is 584. The molecule has 7 nitrogen and oxygen atoms in total. The van der Waals surface area contributed by atoms with Crippen LogP contribution in [0.1, 0.15) is 13.8 Å². The third-order valence-corrected chi connectivity index (χ3v) is 4.35. The van der Waals surface area contributed by atoms with Crippen molar-refractivity contribution in [2.24, 2.45) is 5.92 Å². The predicted molar refractivity (Wildman–Crippen MR) is 72.2 cm³/mol. The predicted octanol–water partition coefficient (Wildman–Crippen LogP) is 1.45. The highest BCUT2D eigenvalue weighted by atomic mass is 32.2. The van der Waals surface area contributed by atoms with Crippen LogP contribution >= 0.6 is 0 Å². The van der Waals surface area contributed by atoms with E-state index in [1.165, 1.54) is 23.5 Å². The zero-order valence-electron chi connectivity index (χ0n) is 11.0. The summed E-state index contributed by atoms with van der Waals surface area (Å²) in [7, 11) is -2.29. The minimum Gasteiger partial charge on any atom is -0.393 e. The average Bonchev–Trinajstić information content (AvgIpc) is 2.27. The van der Waals surface area contributed by atoms with Crippen LogP contribution in [-0.2, 0) is 10.0 Å². The van der Waals surface area contributed by atoms with E-state index in [1.54, 1.807) is 0 Å². The molecule has 0 amide bonds. The minimum atomic E-state index is -3.73. The van der Waals surface area contributed by atoms with Gasteiger partial charge in [0.15, 0.2) is 0 Å². The van der Waals surface area contributed by atoms with Gasteiger partial charge in [-0.1, -0.05) is 13.8 Å².